The summed E-state index contributed by atoms with van der Waals surface area (Å²) in [6.07, 6.45) is 0. The molecule has 0 bridgehead atoms. The number of aromatic carboxylic acids is 4. The Balaban J connectivity index is 2.87. The molecule has 0 spiro atoms. The van der Waals surface area contributed by atoms with E-state index < -0.39 is 98.0 Å². The van der Waals surface area contributed by atoms with Gasteiger partial charge in [0.05, 0.1) is 34.1 Å². The minimum absolute atomic E-state index is 0.185. The first-order valence-corrected chi connectivity index (χ1v) is 11.2. The summed E-state index contributed by atoms with van der Waals surface area (Å²) in [5.74, 6) is -8.57. The van der Waals surface area contributed by atoms with Crippen LogP contribution >= 0.6 is 0 Å². The van der Waals surface area contributed by atoms with Gasteiger partial charge in [0.25, 0.3) is 20.2 Å². The number of carbonyl (C=O) groups is 4. The normalized spacial score (nSPS) is 12.1. The van der Waals surface area contributed by atoms with E-state index in [1.807, 2.05) is 0 Å². The van der Waals surface area contributed by atoms with Gasteiger partial charge in [-0.1, -0.05) is 0 Å². The van der Waals surface area contributed by atoms with Gasteiger partial charge in [-0.15, -0.1) is 0 Å². The Labute approximate surface area is 187 Å². The highest BCUT2D eigenvalue weighted by atomic mass is 32.2. The Hall–Kier alpha value is -4.19. The summed E-state index contributed by atoms with van der Waals surface area (Å²) in [7, 11) is -10.7. The highest BCUT2D eigenvalue weighted by molar-refractivity contribution is 7.86. The van der Waals surface area contributed by atoms with E-state index >= 15 is 0 Å². The summed E-state index contributed by atoms with van der Waals surface area (Å²) in [4.78, 5) is 47.4. The molecule has 0 unspecified atom stereocenters. The molecule has 0 aliphatic rings. The summed E-state index contributed by atoms with van der Waals surface area (Å²) in [6.45, 7) is 0. The number of fused-ring (bicyclic) bond motifs is 2. The zero-order valence-corrected chi connectivity index (χ0v) is 17.5. The minimum Gasteiger partial charge on any atom is -0.545 e. The summed E-state index contributed by atoms with van der Waals surface area (Å²) in [5.41, 5.74) is -7.33. The molecule has 0 radical (unpaired) electrons. The monoisotopic (exact) mass is 513 g/mol. The molecule has 0 amide bonds. The highest BCUT2D eigenvalue weighted by Crippen LogP contribution is 2.35. The zero-order valence-electron chi connectivity index (χ0n) is 15.9. The molecular formula is C17H7NO14S2-2. The minimum atomic E-state index is -5.35. The van der Waals surface area contributed by atoms with Crippen LogP contribution in [-0.2, 0) is 20.2 Å². The standard InChI is InChI=1S/C17H9NO14S2/c19-14(20)6-2-8(33(27,28)29)4-1-5-9(34(30,31)32)3-7(15(21)22)11(17(25)26)13(5)18-12(4)10(6)16(23)24/h1-3H,(H,19,20)(H,21,22)(H,23,24)(H,25,26)(H,27,28,29)(H,30,31,32)/p-2. The van der Waals surface area contributed by atoms with Crippen molar-refractivity contribution in [2.75, 3.05) is 0 Å². The molecule has 34 heavy (non-hydrogen) atoms. The van der Waals surface area contributed by atoms with Crippen molar-refractivity contribution in [3.05, 3.63) is 40.5 Å². The number of hydrogen-bond donors (Lipinski definition) is 4. The van der Waals surface area contributed by atoms with Gasteiger partial charge in [0.2, 0.25) is 0 Å². The quantitative estimate of drug-likeness (QED) is 0.205. The lowest BCUT2D eigenvalue weighted by molar-refractivity contribution is -0.256. The molecule has 15 nitrogen and oxygen atoms in total. The molecule has 0 fully saturated rings. The SMILES string of the molecule is O=C([O-])c1cc(S(=O)(=O)O)c2cc3c(S(=O)(=O)O)cc(C(=O)[O-])c(C(=O)O)c3nc2c1C(=O)O. The number of rotatable bonds is 6. The van der Waals surface area contributed by atoms with Crippen molar-refractivity contribution < 1.29 is 65.5 Å². The summed E-state index contributed by atoms with van der Waals surface area (Å²) >= 11 is 0. The second-order valence-corrected chi connectivity index (χ2v) is 9.29. The smallest absolute Gasteiger partial charge is 0.338 e. The van der Waals surface area contributed by atoms with Crippen molar-refractivity contribution in [1.29, 1.82) is 0 Å². The van der Waals surface area contributed by atoms with Gasteiger partial charge in [0, 0.05) is 21.9 Å². The van der Waals surface area contributed by atoms with Crippen molar-refractivity contribution in [2.24, 2.45) is 0 Å². The van der Waals surface area contributed by atoms with E-state index in [1.54, 1.807) is 0 Å². The fourth-order valence-electron chi connectivity index (χ4n) is 3.27. The van der Waals surface area contributed by atoms with Crippen LogP contribution < -0.4 is 10.2 Å². The Morgan fingerprint density at radius 2 is 1.00 bits per heavy atom. The van der Waals surface area contributed by atoms with Gasteiger partial charge in [-0.25, -0.2) is 14.6 Å². The van der Waals surface area contributed by atoms with E-state index in [4.69, 9.17) is 0 Å². The Morgan fingerprint density at radius 1 is 0.676 bits per heavy atom. The predicted molar refractivity (Wildman–Crippen MR) is 101 cm³/mol. The van der Waals surface area contributed by atoms with E-state index in [1.165, 1.54) is 0 Å². The van der Waals surface area contributed by atoms with E-state index in [0.29, 0.717) is 6.07 Å². The number of hydrogen-bond acceptors (Lipinski definition) is 11. The second-order valence-electron chi connectivity index (χ2n) is 6.51. The number of pyridine rings is 1. The summed E-state index contributed by atoms with van der Waals surface area (Å²) in [6, 6.07) is 0.844. The Morgan fingerprint density at radius 3 is 1.24 bits per heavy atom. The first kappa shape index (κ1) is 24.5. The first-order chi connectivity index (χ1) is 15.5. The van der Waals surface area contributed by atoms with Gasteiger partial charge in [0.1, 0.15) is 9.79 Å². The average molecular weight is 513 g/mol. The molecule has 1 aromatic heterocycles. The van der Waals surface area contributed by atoms with E-state index in [0.717, 1.165) is 0 Å². The van der Waals surface area contributed by atoms with Crippen LogP contribution in [0.3, 0.4) is 0 Å². The van der Waals surface area contributed by atoms with Crippen LogP contribution in [0.1, 0.15) is 41.4 Å². The van der Waals surface area contributed by atoms with E-state index in [9.17, 15) is 65.5 Å². The predicted octanol–water partition coefficient (Wildman–Crippen LogP) is -2.00. The second kappa shape index (κ2) is 7.70. The number of benzene rings is 2. The molecule has 1 heterocycles. The molecule has 0 saturated carbocycles. The molecule has 0 aliphatic heterocycles. The highest BCUT2D eigenvalue weighted by Gasteiger charge is 2.29. The van der Waals surface area contributed by atoms with Crippen molar-refractivity contribution in [3.63, 3.8) is 0 Å². The molecule has 3 rings (SSSR count). The van der Waals surface area contributed by atoms with Crippen molar-refractivity contribution in [2.45, 2.75) is 9.79 Å². The molecule has 0 saturated heterocycles. The third kappa shape index (κ3) is 3.88. The fraction of sp³-hybridized carbons (Fsp3) is 0. The van der Waals surface area contributed by atoms with Gasteiger partial charge in [-0.05, 0) is 18.2 Å². The van der Waals surface area contributed by atoms with Crippen LogP contribution in [0.5, 0.6) is 0 Å². The van der Waals surface area contributed by atoms with E-state index in [-0.39, 0.29) is 12.1 Å². The maximum absolute atomic E-state index is 11.9. The van der Waals surface area contributed by atoms with Crippen molar-refractivity contribution >= 4 is 65.9 Å². The molecular weight excluding hydrogens is 506 g/mol. The largest absolute Gasteiger partial charge is 0.545 e. The van der Waals surface area contributed by atoms with Crippen LogP contribution in [0.4, 0.5) is 0 Å². The van der Waals surface area contributed by atoms with Crippen molar-refractivity contribution in [3.8, 4) is 0 Å². The maximum Gasteiger partial charge on any atom is 0.338 e. The van der Waals surface area contributed by atoms with Gasteiger partial charge in [-0.2, -0.15) is 16.8 Å². The van der Waals surface area contributed by atoms with Gasteiger partial charge >= 0.3 is 11.9 Å². The fourth-order valence-corrected chi connectivity index (χ4v) is 4.67. The Bertz CT molecular complexity index is 1580. The summed E-state index contributed by atoms with van der Waals surface area (Å²) < 4.78 is 66.5. The molecule has 178 valence electrons. The molecule has 4 N–H and O–H groups in total. The lowest BCUT2D eigenvalue weighted by Gasteiger charge is -2.17. The third-order valence-electron chi connectivity index (χ3n) is 4.54. The van der Waals surface area contributed by atoms with Gasteiger partial charge in [-0.3, -0.25) is 9.11 Å². The number of aromatic nitrogens is 1. The molecule has 0 atom stereocenters. The molecule has 17 heteroatoms. The number of carboxylic acid groups (broad SMARTS) is 4. The lowest BCUT2D eigenvalue weighted by atomic mass is 9.98. The average Bonchev–Trinajstić information content (AvgIpc) is 2.67. The third-order valence-corrected chi connectivity index (χ3v) is 6.33. The molecule has 2 aromatic carbocycles. The zero-order chi connectivity index (χ0) is 25.9. The molecule has 3 aromatic rings. The first-order valence-electron chi connectivity index (χ1n) is 8.29. The number of nitrogens with zero attached hydrogens (tertiary/aromatic N) is 1. The van der Waals surface area contributed by atoms with Crippen molar-refractivity contribution in [1.82, 2.24) is 4.98 Å². The number of carboxylic acids is 4. The summed E-state index contributed by atoms with van der Waals surface area (Å²) in [5, 5.41) is 40.1. The van der Waals surface area contributed by atoms with E-state index in [2.05, 4.69) is 4.98 Å². The number of carbonyl (C=O) groups excluding carboxylic acids is 2. The topological polar surface area (TPSA) is 276 Å². The van der Waals surface area contributed by atoms with Crippen LogP contribution in [0.25, 0.3) is 21.8 Å². The van der Waals surface area contributed by atoms with Gasteiger partial charge < -0.3 is 30.0 Å². The van der Waals surface area contributed by atoms with Crippen LogP contribution in [0.15, 0.2) is 28.0 Å². The van der Waals surface area contributed by atoms with Crippen LogP contribution in [0, 0.1) is 0 Å². The van der Waals surface area contributed by atoms with Gasteiger partial charge in [0.15, 0.2) is 0 Å². The Kier molecular flexibility index (Phi) is 5.53. The van der Waals surface area contributed by atoms with Crippen LogP contribution in [-0.4, -0.2) is 65.0 Å². The maximum atomic E-state index is 11.9. The molecule has 0 aliphatic carbocycles. The lowest BCUT2D eigenvalue weighted by Crippen LogP contribution is -2.27. The van der Waals surface area contributed by atoms with Crippen LogP contribution in [0.2, 0.25) is 0 Å².